The number of hydrogen-bond donors (Lipinski definition) is 0. The third kappa shape index (κ3) is 4.71. The van der Waals surface area contributed by atoms with E-state index in [0.717, 1.165) is 30.7 Å². The molecule has 0 spiro atoms. The van der Waals surface area contributed by atoms with Crippen LogP contribution in [0.15, 0.2) is 24.3 Å². The number of aryl methyl sites for hydroxylation is 1. The molecule has 0 N–H and O–H groups in total. The van der Waals surface area contributed by atoms with Crippen molar-refractivity contribution in [1.82, 2.24) is 4.90 Å². The van der Waals surface area contributed by atoms with E-state index in [1.54, 1.807) is 0 Å². The van der Waals surface area contributed by atoms with Gasteiger partial charge in [0.05, 0.1) is 17.1 Å². The van der Waals surface area contributed by atoms with Crippen LogP contribution in [0.3, 0.4) is 0 Å². The van der Waals surface area contributed by atoms with Crippen LogP contribution in [0.4, 0.5) is 13.2 Å². The summed E-state index contributed by atoms with van der Waals surface area (Å²) in [6, 6.07) is 5.22. The van der Waals surface area contributed by atoms with Gasteiger partial charge in [-0.25, -0.2) is 8.42 Å². The molecule has 1 aromatic carbocycles. The van der Waals surface area contributed by atoms with Crippen molar-refractivity contribution in [2.24, 2.45) is 0 Å². The highest BCUT2D eigenvalue weighted by atomic mass is 32.2. The fourth-order valence-electron chi connectivity index (χ4n) is 2.71. The number of rotatable bonds is 4. The van der Waals surface area contributed by atoms with Gasteiger partial charge in [0.25, 0.3) is 0 Å². The maximum absolute atomic E-state index is 12.5. The zero-order valence-electron chi connectivity index (χ0n) is 12.4. The van der Waals surface area contributed by atoms with Crippen molar-refractivity contribution in [3.8, 4) is 0 Å². The van der Waals surface area contributed by atoms with Crippen LogP contribution in [0.2, 0.25) is 0 Å². The molecule has 124 valence electrons. The van der Waals surface area contributed by atoms with Gasteiger partial charge in [0.1, 0.15) is 0 Å². The Morgan fingerprint density at radius 1 is 1.23 bits per heavy atom. The smallest absolute Gasteiger partial charge is 0.299 e. The minimum atomic E-state index is -4.30. The topological polar surface area (TPSA) is 37.4 Å². The molecule has 1 atom stereocenters. The predicted octanol–water partition coefficient (Wildman–Crippen LogP) is 2.76. The number of benzene rings is 1. The molecule has 0 aliphatic carbocycles. The van der Waals surface area contributed by atoms with Gasteiger partial charge in [0.2, 0.25) is 0 Å². The van der Waals surface area contributed by atoms with Crippen LogP contribution in [0.1, 0.15) is 24.5 Å². The van der Waals surface area contributed by atoms with Gasteiger partial charge in [0, 0.05) is 12.6 Å². The van der Waals surface area contributed by atoms with Crippen molar-refractivity contribution in [3.05, 3.63) is 35.4 Å². The van der Waals surface area contributed by atoms with Crippen molar-refractivity contribution in [2.75, 3.05) is 24.6 Å². The summed E-state index contributed by atoms with van der Waals surface area (Å²) in [6.45, 7) is 3.20. The highest BCUT2D eigenvalue weighted by molar-refractivity contribution is 7.91. The summed E-state index contributed by atoms with van der Waals surface area (Å²) in [6.07, 6.45) is -2.81. The molecule has 1 fully saturated rings. The van der Waals surface area contributed by atoms with Crippen LogP contribution < -0.4 is 0 Å². The van der Waals surface area contributed by atoms with Crippen LogP contribution in [0.25, 0.3) is 0 Å². The van der Waals surface area contributed by atoms with Crippen LogP contribution in [-0.2, 0) is 22.4 Å². The van der Waals surface area contributed by atoms with Crippen molar-refractivity contribution in [1.29, 1.82) is 0 Å². The second-order valence-corrected chi connectivity index (χ2v) is 8.03. The molecule has 2 rings (SSSR count). The molecule has 1 heterocycles. The Morgan fingerprint density at radius 2 is 1.86 bits per heavy atom. The van der Waals surface area contributed by atoms with Crippen molar-refractivity contribution < 1.29 is 21.6 Å². The number of nitrogens with zero attached hydrogens (tertiary/aromatic N) is 1. The van der Waals surface area contributed by atoms with E-state index in [1.807, 2.05) is 6.92 Å². The number of alkyl halides is 3. The van der Waals surface area contributed by atoms with Gasteiger partial charge >= 0.3 is 6.18 Å². The standard InChI is InChI=1S/C15H20F3NO2S/c1-12-11-22(20,21)10-9-19(12)8-2-3-13-4-6-14(7-5-13)15(16,17)18/h4-7,12H,2-3,8-11H2,1H3. The Kier molecular flexibility index (Phi) is 5.17. The molecular formula is C15H20F3NO2S. The van der Waals surface area contributed by atoms with Gasteiger partial charge in [-0.1, -0.05) is 12.1 Å². The summed E-state index contributed by atoms with van der Waals surface area (Å²) in [4.78, 5) is 2.13. The van der Waals surface area contributed by atoms with E-state index in [4.69, 9.17) is 0 Å². The third-order valence-corrected chi connectivity index (χ3v) is 5.79. The Morgan fingerprint density at radius 3 is 2.41 bits per heavy atom. The van der Waals surface area contributed by atoms with Gasteiger partial charge < -0.3 is 0 Å². The highest BCUT2D eigenvalue weighted by Gasteiger charge is 2.30. The van der Waals surface area contributed by atoms with Crippen LogP contribution in [0.5, 0.6) is 0 Å². The molecule has 0 aromatic heterocycles. The van der Waals surface area contributed by atoms with Gasteiger partial charge in [0.15, 0.2) is 9.84 Å². The minimum Gasteiger partial charge on any atom is -0.299 e. The molecular weight excluding hydrogens is 315 g/mol. The highest BCUT2D eigenvalue weighted by Crippen LogP contribution is 2.29. The molecule has 1 aliphatic heterocycles. The summed E-state index contributed by atoms with van der Waals surface area (Å²) in [7, 11) is -2.91. The summed E-state index contributed by atoms with van der Waals surface area (Å²) < 4.78 is 60.4. The quantitative estimate of drug-likeness (QED) is 0.849. The fourth-order valence-corrected chi connectivity index (χ4v) is 4.34. The molecule has 1 aromatic rings. The maximum Gasteiger partial charge on any atom is 0.416 e. The van der Waals surface area contributed by atoms with Gasteiger partial charge in [-0.3, -0.25) is 4.90 Å². The van der Waals surface area contributed by atoms with Crippen LogP contribution in [-0.4, -0.2) is 44.0 Å². The van der Waals surface area contributed by atoms with Gasteiger partial charge in [-0.05, 0) is 44.0 Å². The minimum absolute atomic E-state index is 0.00588. The van der Waals surface area contributed by atoms with E-state index in [9.17, 15) is 21.6 Å². The van der Waals surface area contributed by atoms with E-state index in [-0.39, 0.29) is 17.5 Å². The SMILES string of the molecule is CC1CS(=O)(=O)CCN1CCCc1ccc(C(F)(F)F)cc1. The first kappa shape index (κ1) is 17.3. The molecule has 22 heavy (non-hydrogen) atoms. The molecule has 7 heteroatoms. The largest absolute Gasteiger partial charge is 0.416 e. The summed E-state index contributed by atoms with van der Waals surface area (Å²) in [5, 5.41) is 0. The summed E-state index contributed by atoms with van der Waals surface area (Å²) >= 11 is 0. The van der Waals surface area contributed by atoms with E-state index in [1.165, 1.54) is 12.1 Å². The lowest BCUT2D eigenvalue weighted by Crippen LogP contribution is -2.47. The summed E-state index contributed by atoms with van der Waals surface area (Å²) in [5.41, 5.74) is 0.233. The Labute approximate surface area is 129 Å². The number of sulfone groups is 1. The Balaban J connectivity index is 1.82. The Bertz CT molecular complexity index is 596. The van der Waals surface area contributed by atoms with Crippen molar-refractivity contribution >= 4 is 9.84 Å². The molecule has 0 amide bonds. The first-order valence-electron chi connectivity index (χ1n) is 7.28. The molecule has 0 saturated carbocycles. The molecule has 1 unspecified atom stereocenters. The number of halogens is 3. The van der Waals surface area contributed by atoms with E-state index in [0.29, 0.717) is 13.0 Å². The van der Waals surface area contributed by atoms with Gasteiger partial charge in [-0.15, -0.1) is 0 Å². The fraction of sp³-hybridized carbons (Fsp3) is 0.600. The van der Waals surface area contributed by atoms with E-state index < -0.39 is 21.6 Å². The van der Waals surface area contributed by atoms with Gasteiger partial charge in [-0.2, -0.15) is 13.2 Å². The predicted molar refractivity (Wildman–Crippen MR) is 79.5 cm³/mol. The molecule has 1 saturated heterocycles. The number of hydrogen-bond acceptors (Lipinski definition) is 3. The lowest BCUT2D eigenvalue weighted by molar-refractivity contribution is -0.137. The lowest BCUT2D eigenvalue weighted by atomic mass is 10.1. The molecule has 0 bridgehead atoms. The van der Waals surface area contributed by atoms with E-state index in [2.05, 4.69) is 4.90 Å². The second kappa shape index (κ2) is 6.58. The first-order chi connectivity index (χ1) is 10.2. The normalized spacial score (nSPS) is 22.6. The molecule has 0 radical (unpaired) electrons. The van der Waals surface area contributed by atoms with Crippen molar-refractivity contribution in [3.63, 3.8) is 0 Å². The Hall–Kier alpha value is -1.08. The average Bonchev–Trinajstić information content (AvgIpc) is 2.40. The summed E-state index contributed by atoms with van der Waals surface area (Å²) in [5.74, 6) is 0.380. The average molecular weight is 335 g/mol. The third-order valence-electron chi connectivity index (χ3n) is 4.00. The second-order valence-electron chi connectivity index (χ2n) is 5.80. The maximum atomic E-state index is 12.5. The first-order valence-corrected chi connectivity index (χ1v) is 9.10. The van der Waals surface area contributed by atoms with Crippen molar-refractivity contribution in [2.45, 2.75) is 32.0 Å². The van der Waals surface area contributed by atoms with Crippen LogP contribution >= 0.6 is 0 Å². The zero-order valence-corrected chi connectivity index (χ0v) is 13.3. The van der Waals surface area contributed by atoms with E-state index >= 15 is 0 Å². The lowest BCUT2D eigenvalue weighted by Gasteiger charge is -2.33. The monoisotopic (exact) mass is 335 g/mol. The van der Waals surface area contributed by atoms with Crippen LogP contribution in [0, 0.1) is 0 Å². The molecule has 1 aliphatic rings. The zero-order chi connectivity index (χ0) is 16.4. The molecule has 3 nitrogen and oxygen atoms in total.